The number of rotatable bonds is 5. The van der Waals surface area contributed by atoms with E-state index in [1.807, 2.05) is 55.5 Å². The van der Waals surface area contributed by atoms with Gasteiger partial charge in [0.25, 0.3) is 0 Å². The second kappa shape index (κ2) is 8.25. The maximum absolute atomic E-state index is 12.0. The standard InChI is InChI=1S/C17H16Br2N2O/c1-2-16(13-5-9-15(19)10-6-13)20-21-17(22)11-12-3-7-14(18)8-4-12/h3-10H,2,11H2,1H3,(H,21,22)/b20-16+. The minimum atomic E-state index is -0.120. The van der Waals surface area contributed by atoms with Crippen LogP contribution in [0.5, 0.6) is 0 Å². The molecule has 0 fully saturated rings. The van der Waals surface area contributed by atoms with E-state index < -0.39 is 0 Å². The van der Waals surface area contributed by atoms with Crippen LogP contribution >= 0.6 is 31.9 Å². The third kappa shape index (κ3) is 5.07. The number of nitrogens with one attached hydrogen (secondary N) is 1. The zero-order chi connectivity index (χ0) is 15.9. The summed E-state index contributed by atoms with van der Waals surface area (Å²) >= 11 is 6.78. The van der Waals surface area contributed by atoms with Gasteiger partial charge in [0.2, 0.25) is 5.91 Å². The van der Waals surface area contributed by atoms with Crippen molar-refractivity contribution < 1.29 is 4.79 Å². The van der Waals surface area contributed by atoms with Crippen molar-refractivity contribution in [1.82, 2.24) is 5.43 Å². The number of carbonyl (C=O) groups is 1. The average molecular weight is 424 g/mol. The van der Waals surface area contributed by atoms with E-state index in [4.69, 9.17) is 0 Å². The van der Waals surface area contributed by atoms with Gasteiger partial charge >= 0.3 is 0 Å². The molecule has 0 atom stereocenters. The van der Waals surface area contributed by atoms with Crippen LogP contribution in [0.25, 0.3) is 0 Å². The zero-order valence-corrected chi connectivity index (χ0v) is 15.3. The number of amides is 1. The SMILES string of the molecule is CC/C(=N\NC(=O)Cc1ccc(Br)cc1)c1ccc(Br)cc1. The Morgan fingerprint density at radius 3 is 2.09 bits per heavy atom. The van der Waals surface area contributed by atoms with Gasteiger partial charge in [-0.25, -0.2) is 5.43 Å². The van der Waals surface area contributed by atoms with Gasteiger partial charge in [0.1, 0.15) is 0 Å². The first-order valence-corrected chi connectivity index (χ1v) is 8.53. The Morgan fingerprint density at radius 1 is 1.00 bits per heavy atom. The maximum atomic E-state index is 12.0. The summed E-state index contributed by atoms with van der Waals surface area (Å²) in [5, 5.41) is 4.25. The summed E-state index contributed by atoms with van der Waals surface area (Å²) in [6.45, 7) is 2.02. The Labute approximate surface area is 147 Å². The molecule has 0 aromatic heterocycles. The lowest BCUT2D eigenvalue weighted by Crippen LogP contribution is -2.21. The third-order valence-electron chi connectivity index (χ3n) is 3.11. The summed E-state index contributed by atoms with van der Waals surface area (Å²) < 4.78 is 2.02. The molecule has 0 saturated carbocycles. The summed E-state index contributed by atoms with van der Waals surface area (Å²) in [5.74, 6) is -0.120. The predicted octanol–water partition coefficient (Wildman–Crippen LogP) is 4.68. The van der Waals surface area contributed by atoms with Crippen LogP contribution in [-0.4, -0.2) is 11.6 Å². The molecule has 0 heterocycles. The molecule has 0 radical (unpaired) electrons. The predicted molar refractivity (Wildman–Crippen MR) is 97.0 cm³/mol. The van der Waals surface area contributed by atoms with Gasteiger partial charge in [-0.15, -0.1) is 0 Å². The highest BCUT2D eigenvalue weighted by Gasteiger charge is 2.05. The van der Waals surface area contributed by atoms with Gasteiger partial charge in [-0.1, -0.05) is 63.0 Å². The maximum Gasteiger partial charge on any atom is 0.244 e. The fraction of sp³-hybridized carbons (Fsp3) is 0.176. The molecule has 2 aromatic rings. The number of hydrogen-bond donors (Lipinski definition) is 1. The highest BCUT2D eigenvalue weighted by atomic mass is 79.9. The van der Waals surface area contributed by atoms with E-state index in [1.54, 1.807) is 0 Å². The van der Waals surface area contributed by atoms with E-state index in [0.717, 1.165) is 32.2 Å². The molecule has 2 rings (SSSR count). The van der Waals surface area contributed by atoms with E-state index in [1.165, 1.54) is 0 Å². The summed E-state index contributed by atoms with van der Waals surface area (Å²) in [6.07, 6.45) is 1.06. The highest BCUT2D eigenvalue weighted by Crippen LogP contribution is 2.13. The van der Waals surface area contributed by atoms with Gasteiger partial charge in [-0.2, -0.15) is 5.10 Å². The van der Waals surface area contributed by atoms with Crippen LogP contribution in [0.1, 0.15) is 24.5 Å². The van der Waals surface area contributed by atoms with Crippen LogP contribution in [0.4, 0.5) is 0 Å². The van der Waals surface area contributed by atoms with Gasteiger partial charge in [0.15, 0.2) is 0 Å². The van der Waals surface area contributed by atoms with E-state index in [-0.39, 0.29) is 5.91 Å². The fourth-order valence-electron chi connectivity index (χ4n) is 1.95. The normalized spacial score (nSPS) is 11.3. The van der Waals surface area contributed by atoms with Gasteiger partial charge in [0, 0.05) is 8.95 Å². The van der Waals surface area contributed by atoms with Gasteiger partial charge in [-0.05, 0) is 41.8 Å². The summed E-state index contributed by atoms with van der Waals surface area (Å²) in [6, 6.07) is 15.6. The fourth-order valence-corrected chi connectivity index (χ4v) is 2.48. The number of hydrogen-bond acceptors (Lipinski definition) is 2. The Hall–Kier alpha value is -1.46. The van der Waals surface area contributed by atoms with Gasteiger partial charge < -0.3 is 0 Å². The van der Waals surface area contributed by atoms with Crippen molar-refractivity contribution in [3.63, 3.8) is 0 Å². The molecule has 2 aromatic carbocycles. The largest absolute Gasteiger partial charge is 0.273 e. The van der Waals surface area contributed by atoms with E-state index >= 15 is 0 Å². The van der Waals surface area contributed by atoms with Gasteiger partial charge in [-0.3, -0.25) is 4.79 Å². The van der Waals surface area contributed by atoms with E-state index in [2.05, 4.69) is 42.4 Å². The van der Waals surface area contributed by atoms with Crippen LogP contribution in [0, 0.1) is 0 Å². The molecule has 3 nitrogen and oxygen atoms in total. The minimum absolute atomic E-state index is 0.120. The lowest BCUT2D eigenvalue weighted by atomic mass is 10.1. The molecule has 0 saturated heterocycles. The molecule has 1 amide bonds. The van der Waals surface area contributed by atoms with Crippen molar-refractivity contribution in [2.45, 2.75) is 19.8 Å². The molecule has 0 bridgehead atoms. The molecule has 0 unspecified atom stereocenters. The average Bonchev–Trinajstić information content (AvgIpc) is 2.52. The Balaban J connectivity index is 2.00. The Kier molecular flexibility index (Phi) is 6.34. The number of carbonyl (C=O) groups excluding carboxylic acids is 1. The number of halogens is 2. The van der Waals surface area contributed by atoms with E-state index in [9.17, 15) is 4.79 Å². The second-order valence-corrected chi connectivity index (χ2v) is 6.59. The van der Waals surface area contributed by atoms with Crippen molar-refractivity contribution in [3.05, 3.63) is 68.6 Å². The molecular weight excluding hydrogens is 408 g/mol. The van der Waals surface area contributed by atoms with Crippen molar-refractivity contribution in [2.75, 3.05) is 0 Å². The molecule has 0 aliphatic rings. The first-order chi connectivity index (χ1) is 10.6. The van der Waals surface area contributed by atoms with Crippen molar-refractivity contribution >= 4 is 43.5 Å². The summed E-state index contributed by atoms with van der Waals surface area (Å²) in [4.78, 5) is 12.0. The first kappa shape index (κ1) is 16.9. The molecule has 0 aliphatic heterocycles. The molecule has 5 heteroatoms. The zero-order valence-electron chi connectivity index (χ0n) is 12.1. The molecule has 1 N–H and O–H groups in total. The molecule has 0 spiro atoms. The number of nitrogens with zero attached hydrogens (tertiary/aromatic N) is 1. The third-order valence-corrected chi connectivity index (χ3v) is 4.16. The van der Waals surface area contributed by atoms with Crippen LogP contribution in [-0.2, 0) is 11.2 Å². The van der Waals surface area contributed by atoms with Crippen LogP contribution in [0.3, 0.4) is 0 Å². The van der Waals surface area contributed by atoms with Crippen LogP contribution < -0.4 is 5.43 Å². The smallest absolute Gasteiger partial charge is 0.244 e. The topological polar surface area (TPSA) is 41.5 Å². The number of hydrazone groups is 1. The van der Waals surface area contributed by atoms with Gasteiger partial charge in [0.05, 0.1) is 12.1 Å². The summed E-state index contributed by atoms with van der Waals surface area (Å²) in [7, 11) is 0. The lowest BCUT2D eigenvalue weighted by Gasteiger charge is -2.06. The molecule has 114 valence electrons. The lowest BCUT2D eigenvalue weighted by molar-refractivity contribution is -0.120. The Bertz CT molecular complexity index is 664. The van der Waals surface area contributed by atoms with Crippen LogP contribution in [0.2, 0.25) is 0 Å². The van der Waals surface area contributed by atoms with Crippen molar-refractivity contribution in [3.8, 4) is 0 Å². The quantitative estimate of drug-likeness (QED) is 0.550. The minimum Gasteiger partial charge on any atom is -0.273 e. The molecular formula is C17H16Br2N2O. The van der Waals surface area contributed by atoms with Crippen molar-refractivity contribution in [1.29, 1.82) is 0 Å². The first-order valence-electron chi connectivity index (χ1n) is 6.94. The molecule has 22 heavy (non-hydrogen) atoms. The van der Waals surface area contributed by atoms with Crippen LogP contribution in [0.15, 0.2) is 62.6 Å². The Morgan fingerprint density at radius 2 is 1.55 bits per heavy atom. The summed E-state index contributed by atoms with van der Waals surface area (Å²) in [5.41, 5.74) is 5.46. The molecule has 0 aliphatic carbocycles. The monoisotopic (exact) mass is 422 g/mol. The van der Waals surface area contributed by atoms with E-state index in [0.29, 0.717) is 6.42 Å². The number of benzene rings is 2. The highest BCUT2D eigenvalue weighted by molar-refractivity contribution is 9.10. The van der Waals surface area contributed by atoms with Crippen molar-refractivity contribution in [2.24, 2.45) is 5.10 Å². The second-order valence-electron chi connectivity index (χ2n) is 4.76.